The summed E-state index contributed by atoms with van der Waals surface area (Å²) in [6.45, 7) is 5.59. The molecule has 0 aliphatic heterocycles. The van der Waals surface area contributed by atoms with E-state index in [-0.39, 0.29) is 12.0 Å². The number of nitrogens with one attached hydrogen (secondary N) is 1. The fraction of sp³-hybridized carbons (Fsp3) is 0.423. The van der Waals surface area contributed by atoms with E-state index >= 15 is 0 Å². The van der Waals surface area contributed by atoms with Gasteiger partial charge in [0, 0.05) is 11.6 Å². The molecule has 4 heteroatoms. The van der Waals surface area contributed by atoms with Gasteiger partial charge in [-0.25, -0.2) is 0 Å². The third kappa shape index (κ3) is 6.19. The number of ether oxygens (including phenoxy) is 1. The lowest BCUT2D eigenvalue weighted by molar-refractivity contribution is -0.158. The Bertz CT molecular complexity index is 893. The second-order valence-electron chi connectivity index (χ2n) is 8.93. The van der Waals surface area contributed by atoms with Crippen molar-refractivity contribution in [1.29, 1.82) is 0 Å². The minimum absolute atomic E-state index is 0.296. The molecule has 158 valence electrons. The average Bonchev–Trinajstić information content (AvgIpc) is 3.07. The fourth-order valence-electron chi connectivity index (χ4n) is 3.74. The Balaban J connectivity index is 1.79. The summed E-state index contributed by atoms with van der Waals surface area (Å²) in [5.74, 6) is 5.85. The fourth-order valence-corrected chi connectivity index (χ4v) is 3.74. The number of aliphatic hydroxyl groups is 1. The van der Waals surface area contributed by atoms with Gasteiger partial charge in [-0.2, -0.15) is 0 Å². The highest BCUT2D eigenvalue weighted by Gasteiger charge is 2.42. The van der Waals surface area contributed by atoms with E-state index in [0.717, 1.165) is 24.0 Å². The lowest BCUT2D eigenvalue weighted by atomic mass is 9.95. The summed E-state index contributed by atoms with van der Waals surface area (Å²) < 4.78 is 5.66. The smallest absolute Gasteiger partial charge is 0.324 e. The largest absolute Gasteiger partial charge is 0.459 e. The Morgan fingerprint density at radius 1 is 1.17 bits per heavy atom. The first-order valence-electron chi connectivity index (χ1n) is 10.6. The second kappa shape index (κ2) is 9.47. The standard InChI is InChI=1S/C26H31NO3/c1-25(2,3)30-24(28)22(19-21-13-8-5-9-14-21)27-23-15-10-17-26(23,29)18-16-20-11-6-4-7-12-20/h4-9,11-14,22-23,27,29H,10,15,17,19H2,1-3H3/t22-,23-,26+/m1/s1. The van der Waals surface area contributed by atoms with Crippen molar-refractivity contribution >= 4 is 5.97 Å². The minimum Gasteiger partial charge on any atom is -0.459 e. The van der Waals surface area contributed by atoms with E-state index in [1.807, 2.05) is 81.4 Å². The molecular formula is C26H31NO3. The number of carbonyl (C=O) groups is 1. The zero-order chi connectivity index (χ0) is 21.6. The first-order valence-corrected chi connectivity index (χ1v) is 10.6. The van der Waals surface area contributed by atoms with Gasteiger partial charge >= 0.3 is 5.97 Å². The molecule has 2 N–H and O–H groups in total. The molecule has 0 amide bonds. The minimum atomic E-state index is -1.17. The van der Waals surface area contributed by atoms with Gasteiger partial charge in [0.2, 0.25) is 0 Å². The maximum atomic E-state index is 12.9. The first kappa shape index (κ1) is 22.1. The van der Waals surface area contributed by atoms with Gasteiger partial charge in [-0.3, -0.25) is 10.1 Å². The molecule has 0 unspecified atom stereocenters. The van der Waals surface area contributed by atoms with Gasteiger partial charge in [0.25, 0.3) is 0 Å². The van der Waals surface area contributed by atoms with Crippen molar-refractivity contribution in [2.75, 3.05) is 0 Å². The van der Waals surface area contributed by atoms with Gasteiger partial charge < -0.3 is 9.84 Å². The molecule has 2 aromatic rings. The highest BCUT2D eigenvalue weighted by molar-refractivity contribution is 5.76. The summed E-state index contributed by atoms with van der Waals surface area (Å²) in [7, 11) is 0. The maximum Gasteiger partial charge on any atom is 0.324 e. The van der Waals surface area contributed by atoms with Crippen LogP contribution in [0.25, 0.3) is 0 Å². The molecule has 0 saturated heterocycles. The van der Waals surface area contributed by atoms with Crippen LogP contribution in [0.4, 0.5) is 0 Å². The molecule has 0 bridgehead atoms. The molecule has 30 heavy (non-hydrogen) atoms. The second-order valence-corrected chi connectivity index (χ2v) is 8.93. The maximum absolute atomic E-state index is 12.9. The van der Waals surface area contributed by atoms with Crippen LogP contribution in [-0.2, 0) is 16.0 Å². The number of hydrogen-bond acceptors (Lipinski definition) is 4. The van der Waals surface area contributed by atoms with E-state index in [9.17, 15) is 9.90 Å². The SMILES string of the molecule is CC(C)(C)OC(=O)[C@@H](Cc1ccccc1)N[C@@H]1CCC[C@]1(O)C#Cc1ccccc1. The van der Waals surface area contributed by atoms with Crippen molar-refractivity contribution in [2.24, 2.45) is 0 Å². The number of esters is 1. The van der Waals surface area contributed by atoms with Crippen LogP contribution in [0, 0.1) is 11.8 Å². The summed E-state index contributed by atoms with van der Waals surface area (Å²) in [5.41, 5.74) is 0.155. The Morgan fingerprint density at radius 2 is 1.80 bits per heavy atom. The van der Waals surface area contributed by atoms with E-state index in [1.54, 1.807) is 0 Å². The van der Waals surface area contributed by atoms with Crippen molar-refractivity contribution in [2.45, 2.75) is 69.7 Å². The van der Waals surface area contributed by atoms with Crippen molar-refractivity contribution in [3.63, 3.8) is 0 Å². The zero-order valence-electron chi connectivity index (χ0n) is 18.0. The van der Waals surface area contributed by atoms with Gasteiger partial charge in [-0.15, -0.1) is 0 Å². The van der Waals surface area contributed by atoms with E-state index in [0.29, 0.717) is 12.8 Å². The first-order chi connectivity index (χ1) is 14.3. The summed E-state index contributed by atoms with van der Waals surface area (Å²) in [6, 6.07) is 18.6. The Kier molecular flexibility index (Phi) is 6.97. The lowest BCUT2D eigenvalue weighted by Crippen LogP contribution is -2.54. The molecule has 3 atom stereocenters. The molecule has 0 heterocycles. The van der Waals surface area contributed by atoms with Crippen LogP contribution >= 0.6 is 0 Å². The van der Waals surface area contributed by atoms with Crippen LogP contribution in [-0.4, -0.2) is 34.4 Å². The van der Waals surface area contributed by atoms with Crippen molar-refractivity contribution in [1.82, 2.24) is 5.32 Å². The molecule has 3 rings (SSSR count). The van der Waals surface area contributed by atoms with Crippen molar-refractivity contribution in [3.8, 4) is 11.8 Å². The Morgan fingerprint density at radius 3 is 2.43 bits per heavy atom. The molecule has 0 spiro atoms. The summed E-state index contributed by atoms with van der Waals surface area (Å²) in [4.78, 5) is 12.9. The van der Waals surface area contributed by atoms with Crippen LogP contribution < -0.4 is 5.32 Å². The Hall–Kier alpha value is -2.61. The van der Waals surface area contributed by atoms with Gasteiger partial charge in [-0.05, 0) is 64.2 Å². The van der Waals surface area contributed by atoms with E-state index < -0.39 is 17.2 Å². The lowest BCUT2D eigenvalue weighted by Gasteiger charge is -2.31. The zero-order valence-corrected chi connectivity index (χ0v) is 18.0. The van der Waals surface area contributed by atoms with Gasteiger partial charge in [0.1, 0.15) is 17.2 Å². The number of rotatable bonds is 5. The van der Waals surface area contributed by atoms with Crippen molar-refractivity contribution < 1.29 is 14.6 Å². The quantitative estimate of drug-likeness (QED) is 0.586. The van der Waals surface area contributed by atoms with E-state index in [4.69, 9.17) is 4.74 Å². The van der Waals surface area contributed by atoms with Gasteiger partial charge in [-0.1, -0.05) is 60.4 Å². The number of carbonyl (C=O) groups excluding carboxylic acids is 1. The molecule has 0 radical (unpaired) electrons. The van der Waals surface area contributed by atoms with Gasteiger partial charge in [0.15, 0.2) is 0 Å². The number of hydrogen-bond donors (Lipinski definition) is 2. The van der Waals surface area contributed by atoms with Crippen LogP contribution in [0.5, 0.6) is 0 Å². The molecule has 1 aliphatic rings. The topological polar surface area (TPSA) is 58.6 Å². The van der Waals surface area contributed by atoms with Gasteiger partial charge in [0.05, 0.1) is 0 Å². The molecular weight excluding hydrogens is 374 g/mol. The van der Waals surface area contributed by atoms with Crippen LogP contribution in [0.2, 0.25) is 0 Å². The van der Waals surface area contributed by atoms with E-state index in [2.05, 4.69) is 17.2 Å². The average molecular weight is 406 g/mol. The monoisotopic (exact) mass is 405 g/mol. The molecule has 1 saturated carbocycles. The number of benzene rings is 2. The van der Waals surface area contributed by atoms with E-state index in [1.165, 1.54) is 0 Å². The van der Waals surface area contributed by atoms with Crippen LogP contribution in [0.1, 0.15) is 51.2 Å². The molecule has 0 aromatic heterocycles. The normalized spacial score (nSPS) is 22.1. The highest BCUT2D eigenvalue weighted by atomic mass is 16.6. The Labute approximate surface area is 179 Å². The predicted octanol–water partition coefficient (Wildman–Crippen LogP) is 3.86. The molecule has 1 fully saturated rings. The third-order valence-electron chi connectivity index (χ3n) is 5.20. The molecule has 1 aliphatic carbocycles. The summed E-state index contributed by atoms with van der Waals surface area (Å²) in [6.07, 6.45) is 2.68. The van der Waals surface area contributed by atoms with Crippen LogP contribution in [0.15, 0.2) is 60.7 Å². The molecule has 2 aromatic carbocycles. The van der Waals surface area contributed by atoms with Crippen molar-refractivity contribution in [3.05, 3.63) is 71.8 Å². The highest BCUT2D eigenvalue weighted by Crippen LogP contribution is 2.30. The molecule has 4 nitrogen and oxygen atoms in total. The summed E-state index contributed by atoms with van der Waals surface area (Å²) in [5, 5.41) is 14.6. The van der Waals surface area contributed by atoms with Crippen LogP contribution in [0.3, 0.4) is 0 Å². The summed E-state index contributed by atoms with van der Waals surface area (Å²) >= 11 is 0. The predicted molar refractivity (Wildman–Crippen MR) is 119 cm³/mol. The third-order valence-corrected chi connectivity index (χ3v) is 5.20.